The molecule has 0 spiro atoms. The van der Waals surface area contributed by atoms with Crippen LogP contribution < -0.4 is 10.6 Å². The van der Waals surface area contributed by atoms with Crippen LogP contribution in [0.2, 0.25) is 0 Å². The standard InChI is InChI=1S/C12H16N2O2/c1-9-3-2-4-10(7-9)13-11(16)14-12(8-15)5-6-12/h2-4,7,15H,5-6,8H2,1H3,(H2,13,14,16). The Hall–Kier alpha value is -1.55. The number of urea groups is 1. The molecule has 1 saturated carbocycles. The number of anilines is 1. The number of aliphatic hydroxyl groups excluding tert-OH is 1. The summed E-state index contributed by atoms with van der Waals surface area (Å²) in [5.74, 6) is 0. The lowest BCUT2D eigenvalue weighted by Crippen LogP contribution is -2.42. The molecule has 2 rings (SSSR count). The second-order valence-electron chi connectivity index (χ2n) is 4.39. The first-order chi connectivity index (χ1) is 7.63. The molecule has 0 bridgehead atoms. The number of carbonyl (C=O) groups is 1. The van der Waals surface area contributed by atoms with Gasteiger partial charge < -0.3 is 15.7 Å². The number of amides is 2. The van der Waals surface area contributed by atoms with E-state index in [0.717, 1.165) is 24.1 Å². The lowest BCUT2D eigenvalue weighted by Gasteiger charge is -2.15. The van der Waals surface area contributed by atoms with Crippen LogP contribution in [0, 0.1) is 6.92 Å². The number of aryl methyl sites for hydroxylation is 1. The molecule has 86 valence electrons. The van der Waals surface area contributed by atoms with Gasteiger partial charge in [0.15, 0.2) is 0 Å². The van der Waals surface area contributed by atoms with Crippen LogP contribution in [0.1, 0.15) is 18.4 Å². The average Bonchev–Trinajstić information content (AvgIpc) is 2.98. The van der Waals surface area contributed by atoms with Gasteiger partial charge in [-0.25, -0.2) is 4.79 Å². The van der Waals surface area contributed by atoms with Gasteiger partial charge >= 0.3 is 6.03 Å². The second kappa shape index (κ2) is 4.14. The lowest BCUT2D eigenvalue weighted by atomic mass is 10.2. The first-order valence-electron chi connectivity index (χ1n) is 5.40. The number of carbonyl (C=O) groups excluding carboxylic acids is 1. The van der Waals surface area contributed by atoms with Crippen LogP contribution in [0.3, 0.4) is 0 Å². The van der Waals surface area contributed by atoms with Gasteiger partial charge in [-0.3, -0.25) is 0 Å². The van der Waals surface area contributed by atoms with Crippen molar-refractivity contribution in [2.45, 2.75) is 25.3 Å². The summed E-state index contributed by atoms with van der Waals surface area (Å²) in [6.45, 7) is 1.98. The molecule has 0 atom stereocenters. The van der Waals surface area contributed by atoms with Crippen molar-refractivity contribution in [2.24, 2.45) is 0 Å². The van der Waals surface area contributed by atoms with E-state index in [-0.39, 0.29) is 18.2 Å². The quantitative estimate of drug-likeness (QED) is 0.725. The molecule has 0 radical (unpaired) electrons. The highest BCUT2D eigenvalue weighted by Crippen LogP contribution is 2.34. The fraction of sp³-hybridized carbons (Fsp3) is 0.417. The van der Waals surface area contributed by atoms with Gasteiger partial charge in [0.05, 0.1) is 12.1 Å². The Bertz CT molecular complexity index is 400. The summed E-state index contributed by atoms with van der Waals surface area (Å²) in [4.78, 5) is 11.6. The number of hydrogen-bond acceptors (Lipinski definition) is 2. The molecule has 1 fully saturated rings. The van der Waals surface area contributed by atoms with Gasteiger partial charge in [0.1, 0.15) is 0 Å². The summed E-state index contributed by atoms with van der Waals surface area (Å²) in [5, 5.41) is 14.6. The Labute approximate surface area is 94.7 Å². The molecule has 1 aromatic rings. The molecule has 3 N–H and O–H groups in total. The minimum atomic E-state index is -0.367. The van der Waals surface area contributed by atoms with E-state index in [1.54, 1.807) is 0 Å². The van der Waals surface area contributed by atoms with Gasteiger partial charge in [-0.15, -0.1) is 0 Å². The van der Waals surface area contributed by atoms with Crippen LogP contribution in [-0.4, -0.2) is 23.3 Å². The average molecular weight is 220 g/mol. The molecule has 1 aliphatic rings. The molecule has 2 amide bonds. The zero-order chi connectivity index (χ0) is 11.6. The third kappa shape index (κ3) is 2.52. The zero-order valence-electron chi connectivity index (χ0n) is 9.29. The van der Waals surface area contributed by atoms with Gasteiger partial charge in [-0.1, -0.05) is 12.1 Å². The Morgan fingerprint density at radius 2 is 2.25 bits per heavy atom. The van der Waals surface area contributed by atoms with Gasteiger partial charge in [0, 0.05) is 5.69 Å². The minimum absolute atomic E-state index is 0.00817. The molecule has 0 aliphatic heterocycles. The molecule has 16 heavy (non-hydrogen) atoms. The summed E-state index contributed by atoms with van der Waals surface area (Å²) in [5.41, 5.74) is 1.50. The molecule has 4 heteroatoms. The van der Waals surface area contributed by atoms with Crippen LogP contribution in [0.15, 0.2) is 24.3 Å². The van der Waals surface area contributed by atoms with Gasteiger partial charge in [0.2, 0.25) is 0 Å². The third-order valence-corrected chi connectivity index (χ3v) is 2.81. The Kier molecular flexibility index (Phi) is 2.83. The van der Waals surface area contributed by atoms with E-state index in [1.165, 1.54) is 0 Å². The molecule has 0 unspecified atom stereocenters. The molecular formula is C12H16N2O2. The smallest absolute Gasteiger partial charge is 0.319 e. The molecular weight excluding hydrogens is 204 g/mol. The van der Waals surface area contributed by atoms with Crippen LogP contribution >= 0.6 is 0 Å². The predicted molar refractivity (Wildman–Crippen MR) is 62.4 cm³/mol. The molecule has 1 aliphatic carbocycles. The minimum Gasteiger partial charge on any atom is -0.394 e. The summed E-state index contributed by atoms with van der Waals surface area (Å²) in [7, 11) is 0. The van der Waals surface area contributed by atoms with E-state index >= 15 is 0 Å². The van der Waals surface area contributed by atoms with Crippen molar-refractivity contribution in [2.75, 3.05) is 11.9 Å². The normalized spacial score (nSPS) is 16.6. The van der Waals surface area contributed by atoms with Gasteiger partial charge in [0.25, 0.3) is 0 Å². The Morgan fingerprint density at radius 1 is 1.50 bits per heavy atom. The Morgan fingerprint density at radius 3 is 2.81 bits per heavy atom. The van der Waals surface area contributed by atoms with E-state index in [0.29, 0.717) is 0 Å². The Balaban J connectivity index is 1.92. The summed E-state index contributed by atoms with van der Waals surface area (Å²) in [6.07, 6.45) is 1.70. The van der Waals surface area contributed by atoms with Crippen LogP contribution in [0.5, 0.6) is 0 Å². The van der Waals surface area contributed by atoms with Gasteiger partial charge in [-0.2, -0.15) is 0 Å². The molecule has 0 aromatic heterocycles. The van der Waals surface area contributed by atoms with Crippen molar-refractivity contribution in [3.8, 4) is 0 Å². The number of rotatable bonds is 3. The van der Waals surface area contributed by atoms with Crippen molar-refractivity contribution in [3.05, 3.63) is 29.8 Å². The predicted octanol–water partition coefficient (Wildman–Crippen LogP) is 1.64. The number of nitrogens with one attached hydrogen (secondary N) is 2. The van der Waals surface area contributed by atoms with Crippen molar-refractivity contribution in [3.63, 3.8) is 0 Å². The van der Waals surface area contributed by atoms with Crippen molar-refractivity contribution < 1.29 is 9.90 Å². The SMILES string of the molecule is Cc1cccc(NC(=O)NC2(CO)CC2)c1. The maximum Gasteiger partial charge on any atom is 0.319 e. The van der Waals surface area contributed by atoms with E-state index in [4.69, 9.17) is 5.11 Å². The van der Waals surface area contributed by atoms with Gasteiger partial charge in [-0.05, 0) is 37.5 Å². The van der Waals surface area contributed by atoms with E-state index in [1.807, 2.05) is 31.2 Å². The molecule has 0 saturated heterocycles. The number of benzene rings is 1. The second-order valence-corrected chi connectivity index (χ2v) is 4.39. The highest BCUT2D eigenvalue weighted by atomic mass is 16.3. The maximum atomic E-state index is 11.6. The van der Waals surface area contributed by atoms with Crippen molar-refractivity contribution >= 4 is 11.7 Å². The lowest BCUT2D eigenvalue weighted by molar-refractivity contribution is 0.217. The molecule has 1 aromatic carbocycles. The first-order valence-corrected chi connectivity index (χ1v) is 5.40. The first kappa shape index (κ1) is 11.0. The summed E-state index contributed by atoms with van der Waals surface area (Å²) in [6, 6.07) is 7.35. The highest BCUT2D eigenvalue weighted by Gasteiger charge is 2.43. The molecule has 4 nitrogen and oxygen atoms in total. The molecule has 0 heterocycles. The van der Waals surface area contributed by atoms with E-state index < -0.39 is 0 Å². The van der Waals surface area contributed by atoms with Crippen LogP contribution in [0.4, 0.5) is 10.5 Å². The van der Waals surface area contributed by atoms with Crippen molar-refractivity contribution in [1.82, 2.24) is 5.32 Å². The van der Waals surface area contributed by atoms with E-state index in [9.17, 15) is 4.79 Å². The highest BCUT2D eigenvalue weighted by molar-refractivity contribution is 5.90. The number of hydrogen-bond donors (Lipinski definition) is 3. The summed E-state index contributed by atoms with van der Waals surface area (Å²) < 4.78 is 0. The third-order valence-electron chi connectivity index (χ3n) is 2.81. The fourth-order valence-corrected chi connectivity index (χ4v) is 1.60. The van der Waals surface area contributed by atoms with Crippen molar-refractivity contribution in [1.29, 1.82) is 0 Å². The summed E-state index contributed by atoms with van der Waals surface area (Å²) >= 11 is 0. The monoisotopic (exact) mass is 220 g/mol. The van der Waals surface area contributed by atoms with Crippen LogP contribution in [0.25, 0.3) is 0 Å². The van der Waals surface area contributed by atoms with E-state index in [2.05, 4.69) is 10.6 Å². The maximum absolute atomic E-state index is 11.6. The number of aliphatic hydroxyl groups is 1. The largest absolute Gasteiger partial charge is 0.394 e. The zero-order valence-corrected chi connectivity index (χ0v) is 9.29. The van der Waals surface area contributed by atoms with Crippen LogP contribution in [-0.2, 0) is 0 Å². The topological polar surface area (TPSA) is 61.4 Å². The fourth-order valence-electron chi connectivity index (χ4n) is 1.60.